The number of rotatable bonds is 2. The number of anilines is 1. The fourth-order valence-electron chi connectivity index (χ4n) is 2.36. The molecule has 0 amide bonds. The highest BCUT2D eigenvalue weighted by Crippen LogP contribution is 2.30. The second-order valence-corrected chi connectivity index (χ2v) is 5.17. The average Bonchev–Trinajstić information content (AvgIpc) is 2.27. The minimum Gasteiger partial charge on any atom is -0.366 e. The molecule has 2 rings (SSSR count). The average molecular weight is 219 g/mol. The monoisotopic (exact) mass is 219 g/mol. The standard InChI is InChI=1S/C13H21N3/c1-9-4-6-12(8-10(9)2)14-13-7-5-11(3)15-16-13/h5,7,9-10,12H,4,6,8H2,1-3H3,(H,14,16). The highest BCUT2D eigenvalue weighted by Gasteiger charge is 2.24. The van der Waals surface area contributed by atoms with Crippen LogP contribution in [0.2, 0.25) is 0 Å². The predicted molar refractivity (Wildman–Crippen MR) is 66.4 cm³/mol. The van der Waals surface area contributed by atoms with Crippen LogP contribution in [0.15, 0.2) is 12.1 Å². The largest absolute Gasteiger partial charge is 0.366 e. The summed E-state index contributed by atoms with van der Waals surface area (Å²) in [6.07, 6.45) is 3.82. The fraction of sp³-hybridized carbons (Fsp3) is 0.692. The molecule has 1 heterocycles. The van der Waals surface area contributed by atoms with Gasteiger partial charge in [0.2, 0.25) is 0 Å². The second kappa shape index (κ2) is 4.81. The van der Waals surface area contributed by atoms with Crippen LogP contribution in [0.4, 0.5) is 5.82 Å². The highest BCUT2D eigenvalue weighted by molar-refractivity contribution is 5.34. The Bertz CT molecular complexity index is 334. The zero-order chi connectivity index (χ0) is 11.5. The molecule has 0 aliphatic heterocycles. The maximum atomic E-state index is 4.16. The molecule has 1 N–H and O–H groups in total. The second-order valence-electron chi connectivity index (χ2n) is 5.17. The van der Waals surface area contributed by atoms with Gasteiger partial charge in [-0.2, -0.15) is 5.10 Å². The zero-order valence-corrected chi connectivity index (χ0v) is 10.4. The summed E-state index contributed by atoms with van der Waals surface area (Å²) in [5.41, 5.74) is 0.969. The Labute approximate surface area is 97.7 Å². The molecule has 1 aliphatic rings. The summed E-state index contributed by atoms with van der Waals surface area (Å²) in [6.45, 7) is 6.66. The van der Waals surface area contributed by atoms with Crippen molar-refractivity contribution in [3.63, 3.8) is 0 Å². The lowest BCUT2D eigenvalue weighted by atomic mass is 9.79. The minimum atomic E-state index is 0.572. The molecule has 1 aliphatic carbocycles. The van der Waals surface area contributed by atoms with Crippen LogP contribution in [0.25, 0.3) is 0 Å². The zero-order valence-electron chi connectivity index (χ0n) is 10.4. The number of aromatic nitrogens is 2. The van der Waals surface area contributed by atoms with Crippen LogP contribution < -0.4 is 5.32 Å². The maximum Gasteiger partial charge on any atom is 0.148 e. The first kappa shape index (κ1) is 11.4. The van der Waals surface area contributed by atoms with E-state index < -0.39 is 0 Å². The van der Waals surface area contributed by atoms with Gasteiger partial charge in [-0.25, -0.2) is 0 Å². The van der Waals surface area contributed by atoms with Crippen molar-refractivity contribution in [3.05, 3.63) is 17.8 Å². The van der Waals surface area contributed by atoms with Gasteiger partial charge in [-0.05, 0) is 50.2 Å². The van der Waals surface area contributed by atoms with Crippen molar-refractivity contribution >= 4 is 5.82 Å². The lowest BCUT2D eigenvalue weighted by molar-refractivity contribution is 0.260. The van der Waals surface area contributed by atoms with Crippen molar-refractivity contribution in [1.29, 1.82) is 0 Å². The molecule has 3 atom stereocenters. The van der Waals surface area contributed by atoms with E-state index in [0.717, 1.165) is 23.3 Å². The Morgan fingerprint density at radius 1 is 1.12 bits per heavy atom. The molecular formula is C13H21N3. The third-order valence-corrected chi connectivity index (χ3v) is 3.75. The van der Waals surface area contributed by atoms with E-state index in [4.69, 9.17) is 0 Å². The SMILES string of the molecule is Cc1ccc(NC2CCC(C)C(C)C2)nn1. The Kier molecular flexibility index (Phi) is 3.42. The van der Waals surface area contributed by atoms with Gasteiger partial charge in [-0.3, -0.25) is 0 Å². The highest BCUT2D eigenvalue weighted by atomic mass is 15.2. The molecular weight excluding hydrogens is 198 g/mol. The molecule has 1 saturated carbocycles. The van der Waals surface area contributed by atoms with Crippen LogP contribution in [0.5, 0.6) is 0 Å². The molecule has 1 aromatic heterocycles. The summed E-state index contributed by atoms with van der Waals surface area (Å²) in [7, 11) is 0. The number of nitrogens with one attached hydrogen (secondary N) is 1. The summed E-state index contributed by atoms with van der Waals surface area (Å²) in [5, 5.41) is 11.7. The number of aryl methyl sites for hydroxylation is 1. The number of nitrogens with zero attached hydrogens (tertiary/aromatic N) is 2. The Balaban J connectivity index is 1.93. The number of hydrogen-bond acceptors (Lipinski definition) is 3. The van der Waals surface area contributed by atoms with Crippen LogP contribution in [-0.2, 0) is 0 Å². The van der Waals surface area contributed by atoms with Crippen LogP contribution in [0.1, 0.15) is 38.8 Å². The first-order chi connectivity index (χ1) is 7.65. The first-order valence-corrected chi connectivity index (χ1v) is 6.22. The van der Waals surface area contributed by atoms with E-state index in [9.17, 15) is 0 Å². The predicted octanol–water partition coefficient (Wildman–Crippen LogP) is 3.02. The fourth-order valence-corrected chi connectivity index (χ4v) is 2.36. The van der Waals surface area contributed by atoms with Crippen molar-refractivity contribution < 1.29 is 0 Å². The molecule has 3 nitrogen and oxygen atoms in total. The van der Waals surface area contributed by atoms with E-state index in [1.54, 1.807) is 0 Å². The lowest BCUT2D eigenvalue weighted by Gasteiger charge is -2.32. The van der Waals surface area contributed by atoms with E-state index in [1.807, 2.05) is 19.1 Å². The van der Waals surface area contributed by atoms with Crippen molar-refractivity contribution in [2.24, 2.45) is 11.8 Å². The summed E-state index contributed by atoms with van der Waals surface area (Å²) < 4.78 is 0. The van der Waals surface area contributed by atoms with Gasteiger partial charge in [0.25, 0.3) is 0 Å². The topological polar surface area (TPSA) is 37.8 Å². The molecule has 0 spiro atoms. The lowest BCUT2D eigenvalue weighted by Crippen LogP contribution is -2.30. The smallest absolute Gasteiger partial charge is 0.148 e. The van der Waals surface area contributed by atoms with Crippen LogP contribution in [0, 0.1) is 18.8 Å². The summed E-state index contributed by atoms with van der Waals surface area (Å²) in [4.78, 5) is 0. The van der Waals surface area contributed by atoms with Crippen LogP contribution >= 0.6 is 0 Å². The van der Waals surface area contributed by atoms with E-state index in [2.05, 4.69) is 29.4 Å². The molecule has 0 aromatic carbocycles. The van der Waals surface area contributed by atoms with Crippen molar-refractivity contribution in [2.45, 2.75) is 46.1 Å². The van der Waals surface area contributed by atoms with Crippen molar-refractivity contribution in [1.82, 2.24) is 10.2 Å². The molecule has 3 heteroatoms. The maximum absolute atomic E-state index is 4.16. The van der Waals surface area contributed by atoms with Gasteiger partial charge in [0, 0.05) is 6.04 Å². The number of hydrogen-bond donors (Lipinski definition) is 1. The summed E-state index contributed by atoms with van der Waals surface area (Å²) >= 11 is 0. The molecule has 0 bridgehead atoms. The first-order valence-electron chi connectivity index (χ1n) is 6.22. The quantitative estimate of drug-likeness (QED) is 0.830. The summed E-state index contributed by atoms with van der Waals surface area (Å²) in [6, 6.07) is 4.60. The van der Waals surface area contributed by atoms with E-state index in [1.165, 1.54) is 19.3 Å². The molecule has 0 saturated heterocycles. The molecule has 16 heavy (non-hydrogen) atoms. The summed E-state index contributed by atoms with van der Waals surface area (Å²) in [5.74, 6) is 2.59. The van der Waals surface area contributed by atoms with E-state index >= 15 is 0 Å². The van der Waals surface area contributed by atoms with E-state index in [-0.39, 0.29) is 0 Å². The van der Waals surface area contributed by atoms with Gasteiger partial charge in [0.05, 0.1) is 5.69 Å². The molecule has 88 valence electrons. The Morgan fingerprint density at radius 2 is 1.94 bits per heavy atom. The Morgan fingerprint density at radius 3 is 2.56 bits per heavy atom. The molecule has 0 radical (unpaired) electrons. The van der Waals surface area contributed by atoms with Gasteiger partial charge in [0.1, 0.15) is 5.82 Å². The van der Waals surface area contributed by atoms with Gasteiger partial charge in [-0.15, -0.1) is 5.10 Å². The van der Waals surface area contributed by atoms with Gasteiger partial charge in [-0.1, -0.05) is 13.8 Å². The normalized spacial score (nSPS) is 30.1. The molecule has 1 fully saturated rings. The Hall–Kier alpha value is -1.12. The van der Waals surface area contributed by atoms with Gasteiger partial charge >= 0.3 is 0 Å². The van der Waals surface area contributed by atoms with E-state index in [0.29, 0.717) is 6.04 Å². The van der Waals surface area contributed by atoms with Crippen molar-refractivity contribution in [3.8, 4) is 0 Å². The van der Waals surface area contributed by atoms with Crippen molar-refractivity contribution in [2.75, 3.05) is 5.32 Å². The third-order valence-electron chi connectivity index (χ3n) is 3.75. The van der Waals surface area contributed by atoms with Gasteiger partial charge < -0.3 is 5.32 Å². The van der Waals surface area contributed by atoms with Gasteiger partial charge in [0.15, 0.2) is 0 Å². The van der Waals surface area contributed by atoms with Crippen LogP contribution in [0.3, 0.4) is 0 Å². The van der Waals surface area contributed by atoms with Crippen LogP contribution in [-0.4, -0.2) is 16.2 Å². The third kappa shape index (κ3) is 2.71. The minimum absolute atomic E-state index is 0.572. The molecule has 1 aromatic rings. The molecule has 3 unspecified atom stereocenters.